The van der Waals surface area contributed by atoms with Gasteiger partial charge >= 0.3 is 0 Å². The van der Waals surface area contributed by atoms with E-state index in [1.54, 1.807) is 24.3 Å². The highest BCUT2D eigenvalue weighted by Crippen LogP contribution is 2.27. The minimum Gasteiger partial charge on any atom is -0.354 e. The number of Topliss-reactive ketones (excluding diaryl/α,β-unsaturated/α-hetero) is 1. The second-order valence-electron chi connectivity index (χ2n) is 8.22. The van der Waals surface area contributed by atoms with E-state index in [0.29, 0.717) is 54.1 Å². The molecule has 1 fully saturated rings. The number of carbonyl (C=O) groups excluding carboxylic acids is 2. The van der Waals surface area contributed by atoms with Crippen molar-refractivity contribution in [2.75, 3.05) is 13.1 Å². The van der Waals surface area contributed by atoms with Crippen molar-refractivity contribution in [3.63, 3.8) is 0 Å². The number of aromatic amines is 1. The largest absolute Gasteiger partial charge is 0.354 e. The maximum absolute atomic E-state index is 12.8. The lowest BCUT2D eigenvalue weighted by atomic mass is 9.93. The Labute approximate surface area is 176 Å². The first-order valence-electron chi connectivity index (χ1n) is 10.4. The molecule has 8 heteroatoms. The third-order valence-electron chi connectivity index (χ3n) is 6.11. The molecular formula is C22H27N3O4S. The van der Waals surface area contributed by atoms with E-state index in [2.05, 4.69) is 10.3 Å². The number of nitrogens with one attached hydrogen (secondary N) is 2. The van der Waals surface area contributed by atoms with Crippen LogP contribution < -0.4 is 5.32 Å². The van der Waals surface area contributed by atoms with Gasteiger partial charge in [0.1, 0.15) is 5.69 Å². The zero-order valence-corrected chi connectivity index (χ0v) is 18.1. The number of hydrogen-bond acceptors (Lipinski definition) is 4. The number of aromatic nitrogens is 1. The van der Waals surface area contributed by atoms with Crippen molar-refractivity contribution >= 4 is 21.7 Å². The summed E-state index contributed by atoms with van der Waals surface area (Å²) < 4.78 is 27.2. The molecule has 1 aromatic heterocycles. The topological polar surface area (TPSA) is 99.3 Å². The number of benzene rings is 1. The SMILES string of the molecule is Cc1ccc(S(=O)(=O)N2CCC(NC(=O)c3[nH]c4c(c3C)C(=O)CCC4)CC2)cc1. The summed E-state index contributed by atoms with van der Waals surface area (Å²) in [5.41, 5.74) is 3.70. The van der Waals surface area contributed by atoms with Gasteiger partial charge in [0.15, 0.2) is 5.78 Å². The third kappa shape index (κ3) is 3.81. The average Bonchev–Trinajstić information content (AvgIpc) is 3.07. The predicted molar refractivity (Wildman–Crippen MR) is 113 cm³/mol. The number of fused-ring (bicyclic) bond motifs is 1. The highest BCUT2D eigenvalue weighted by molar-refractivity contribution is 7.89. The number of carbonyl (C=O) groups is 2. The molecule has 2 N–H and O–H groups in total. The van der Waals surface area contributed by atoms with Crippen LogP contribution in [0.15, 0.2) is 29.2 Å². The Morgan fingerprint density at radius 2 is 1.77 bits per heavy atom. The summed E-state index contributed by atoms with van der Waals surface area (Å²) in [5.74, 6) is -0.131. The van der Waals surface area contributed by atoms with E-state index in [-0.39, 0.29) is 17.7 Å². The van der Waals surface area contributed by atoms with Gasteiger partial charge in [0, 0.05) is 36.8 Å². The molecule has 4 rings (SSSR count). The smallest absolute Gasteiger partial charge is 0.268 e. The summed E-state index contributed by atoms with van der Waals surface area (Å²) in [4.78, 5) is 28.4. The Hall–Kier alpha value is -2.45. The molecule has 1 saturated heterocycles. The van der Waals surface area contributed by atoms with Crippen LogP contribution in [0.4, 0.5) is 0 Å². The van der Waals surface area contributed by atoms with Crippen LogP contribution in [-0.2, 0) is 16.4 Å². The lowest BCUT2D eigenvalue weighted by molar-refractivity contribution is 0.0918. The third-order valence-corrected chi connectivity index (χ3v) is 8.02. The Morgan fingerprint density at radius 3 is 2.40 bits per heavy atom. The summed E-state index contributed by atoms with van der Waals surface area (Å²) in [6, 6.07) is 6.76. The molecule has 0 spiro atoms. The van der Waals surface area contributed by atoms with Crippen molar-refractivity contribution in [2.45, 2.75) is 56.9 Å². The highest BCUT2D eigenvalue weighted by Gasteiger charge is 2.31. The normalized spacial score (nSPS) is 18.3. The fourth-order valence-corrected chi connectivity index (χ4v) is 5.83. The van der Waals surface area contributed by atoms with E-state index in [4.69, 9.17) is 0 Å². The van der Waals surface area contributed by atoms with Gasteiger partial charge < -0.3 is 10.3 Å². The number of H-pyrrole nitrogens is 1. The van der Waals surface area contributed by atoms with Crippen LogP contribution in [0, 0.1) is 13.8 Å². The summed E-state index contributed by atoms with van der Waals surface area (Å²) >= 11 is 0. The number of nitrogens with zero attached hydrogens (tertiary/aromatic N) is 1. The summed E-state index contributed by atoms with van der Waals surface area (Å²) in [6.45, 7) is 4.45. The van der Waals surface area contributed by atoms with Crippen LogP contribution in [0.25, 0.3) is 0 Å². The monoisotopic (exact) mass is 429 g/mol. The van der Waals surface area contributed by atoms with E-state index in [9.17, 15) is 18.0 Å². The van der Waals surface area contributed by atoms with Crippen LogP contribution in [0.3, 0.4) is 0 Å². The number of sulfonamides is 1. The molecule has 0 atom stereocenters. The van der Waals surface area contributed by atoms with E-state index < -0.39 is 10.0 Å². The lowest BCUT2D eigenvalue weighted by Gasteiger charge is -2.31. The molecule has 1 aromatic carbocycles. The van der Waals surface area contributed by atoms with Gasteiger partial charge in [-0.05, 0) is 57.2 Å². The lowest BCUT2D eigenvalue weighted by Crippen LogP contribution is -2.46. The van der Waals surface area contributed by atoms with Gasteiger partial charge in [-0.15, -0.1) is 0 Å². The van der Waals surface area contributed by atoms with Gasteiger partial charge in [-0.2, -0.15) is 4.31 Å². The van der Waals surface area contributed by atoms with Crippen LogP contribution in [0.2, 0.25) is 0 Å². The second-order valence-corrected chi connectivity index (χ2v) is 10.2. The first kappa shape index (κ1) is 20.8. The standard InChI is InChI=1S/C22H27N3O4S/c1-14-6-8-17(9-7-14)30(28,29)25-12-10-16(11-13-25)23-22(27)21-15(2)20-18(24-21)4-3-5-19(20)26/h6-9,16,24H,3-5,10-13H2,1-2H3,(H,23,27). The van der Waals surface area contributed by atoms with Gasteiger partial charge in [-0.1, -0.05) is 17.7 Å². The molecule has 0 radical (unpaired) electrons. The van der Waals surface area contributed by atoms with Crippen LogP contribution in [0.1, 0.15) is 63.4 Å². The van der Waals surface area contributed by atoms with Crippen molar-refractivity contribution in [1.82, 2.24) is 14.6 Å². The van der Waals surface area contributed by atoms with Crippen LogP contribution in [-0.4, -0.2) is 48.5 Å². The Kier molecular flexibility index (Phi) is 5.55. The maximum Gasteiger partial charge on any atom is 0.268 e. The molecule has 0 unspecified atom stereocenters. The van der Waals surface area contributed by atoms with Crippen molar-refractivity contribution in [3.8, 4) is 0 Å². The minimum absolute atomic E-state index is 0.0960. The number of rotatable bonds is 4. The number of aryl methyl sites for hydroxylation is 2. The van der Waals surface area contributed by atoms with Crippen molar-refractivity contribution in [1.29, 1.82) is 0 Å². The fourth-order valence-electron chi connectivity index (χ4n) is 4.36. The van der Waals surface area contributed by atoms with Gasteiger partial charge in [0.25, 0.3) is 5.91 Å². The van der Waals surface area contributed by atoms with Gasteiger partial charge in [0.05, 0.1) is 4.90 Å². The van der Waals surface area contributed by atoms with Gasteiger partial charge in [-0.25, -0.2) is 8.42 Å². The molecule has 1 aliphatic heterocycles. The highest BCUT2D eigenvalue weighted by atomic mass is 32.2. The van der Waals surface area contributed by atoms with Gasteiger partial charge in [0.2, 0.25) is 10.0 Å². The summed E-state index contributed by atoms with van der Waals surface area (Å²) in [7, 11) is -3.52. The fraction of sp³-hybridized carbons (Fsp3) is 0.455. The van der Waals surface area contributed by atoms with E-state index in [1.165, 1.54) is 4.31 Å². The minimum atomic E-state index is -3.52. The summed E-state index contributed by atoms with van der Waals surface area (Å²) in [6.07, 6.45) is 3.22. The zero-order valence-electron chi connectivity index (χ0n) is 17.3. The molecule has 7 nitrogen and oxygen atoms in total. The maximum atomic E-state index is 12.8. The Morgan fingerprint density at radius 1 is 1.10 bits per heavy atom. The predicted octanol–water partition coefficient (Wildman–Crippen LogP) is 2.73. The molecular weight excluding hydrogens is 402 g/mol. The molecule has 1 aliphatic carbocycles. The number of piperidine rings is 1. The molecule has 30 heavy (non-hydrogen) atoms. The summed E-state index contributed by atoms with van der Waals surface area (Å²) in [5, 5.41) is 3.02. The van der Waals surface area contributed by atoms with Crippen molar-refractivity contribution < 1.29 is 18.0 Å². The first-order valence-corrected chi connectivity index (χ1v) is 11.8. The average molecular weight is 430 g/mol. The molecule has 0 saturated carbocycles. The molecule has 1 amide bonds. The van der Waals surface area contributed by atoms with Crippen molar-refractivity contribution in [2.24, 2.45) is 0 Å². The van der Waals surface area contributed by atoms with E-state index >= 15 is 0 Å². The zero-order chi connectivity index (χ0) is 21.5. The Balaban J connectivity index is 1.40. The molecule has 2 aromatic rings. The Bertz CT molecular complexity index is 1080. The first-order chi connectivity index (χ1) is 14.3. The van der Waals surface area contributed by atoms with E-state index in [0.717, 1.165) is 24.1 Å². The quantitative estimate of drug-likeness (QED) is 0.781. The van der Waals surface area contributed by atoms with Crippen LogP contribution in [0.5, 0.6) is 0 Å². The van der Waals surface area contributed by atoms with Crippen LogP contribution >= 0.6 is 0 Å². The molecule has 160 valence electrons. The second kappa shape index (κ2) is 8.00. The molecule has 0 bridgehead atoms. The van der Waals surface area contributed by atoms with Crippen molar-refractivity contribution in [3.05, 3.63) is 52.3 Å². The number of amides is 1. The van der Waals surface area contributed by atoms with Gasteiger partial charge in [-0.3, -0.25) is 9.59 Å². The molecule has 2 heterocycles. The number of ketones is 1. The molecule has 2 aliphatic rings. The van der Waals surface area contributed by atoms with E-state index in [1.807, 2.05) is 13.8 Å². The number of hydrogen-bond donors (Lipinski definition) is 2.